The Kier molecular flexibility index (Phi) is 3.81. The van der Waals surface area contributed by atoms with Gasteiger partial charge >= 0.3 is 0 Å². The lowest BCUT2D eigenvalue weighted by atomic mass is 10.1. The predicted molar refractivity (Wildman–Crippen MR) is 60.2 cm³/mol. The molecular formula is C9H19N3O3S. The summed E-state index contributed by atoms with van der Waals surface area (Å²) in [5.74, 6) is 0. The summed E-state index contributed by atoms with van der Waals surface area (Å²) < 4.78 is 27.3. The summed E-state index contributed by atoms with van der Waals surface area (Å²) in [7, 11) is -3.35. The summed E-state index contributed by atoms with van der Waals surface area (Å²) in [4.78, 5) is 0. The van der Waals surface area contributed by atoms with E-state index < -0.39 is 16.3 Å². The van der Waals surface area contributed by atoms with Gasteiger partial charge in [-0.2, -0.15) is 17.0 Å². The van der Waals surface area contributed by atoms with Gasteiger partial charge in [0.15, 0.2) is 0 Å². The molecule has 0 unspecified atom stereocenters. The van der Waals surface area contributed by atoms with E-state index in [4.69, 9.17) is 0 Å². The van der Waals surface area contributed by atoms with Gasteiger partial charge in [-0.25, -0.2) is 0 Å². The van der Waals surface area contributed by atoms with Gasteiger partial charge in [-0.15, -0.1) is 0 Å². The maximum absolute atomic E-state index is 12.2. The highest BCUT2D eigenvalue weighted by Gasteiger charge is 2.33. The molecule has 2 heterocycles. The second-order valence-corrected chi connectivity index (χ2v) is 6.24. The van der Waals surface area contributed by atoms with Crippen molar-refractivity contribution in [2.45, 2.75) is 18.9 Å². The van der Waals surface area contributed by atoms with Gasteiger partial charge < -0.3 is 10.4 Å². The molecule has 0 amide bonds. The van der Waals surface area contributed by atoms with Crippen molar-refractivity contribution in [1.29, 1.82) is 0 Å². The molecule has 0 radical (unpaired) electrons. The zero-order valence-electron chi connectivity index (χ0n) is 9.30. The van der Waals surface area contributed by atoms with Gasteiger partial charge in [0.25, 0.3) is 10.2 Å². The normalized spacial score (nSPS) is 30.4. The lowest BCUT2D eigenvalue weighted by Gasteiger charge is -2.35. The molecule has 0 bridgehead atoms. The van der Waals surface area contributed by atoms with Crippen LogP contribution < -0.4 is 5.32 Å². The lowest BCUT2D eigenvalue weighted by molar-refractivity contribution is 0.104. The van der Waals surface area contributed by atoms with Crippen LogP contribution in [0.1, 0.15) is 12.8 Å². The molecule has 2 aliphatic heterocycles. The molecule has 2 aliphatic rings. The molecule has 0 saturated carbocycles. The van der Waals surface area contributed by atoms with Crippen molar-refractivity contribution in [3.05, 3.63) is 0 Å². The summed E-state index contributed by atoms with van der Waals surface area (Å²) in [6, 6.07) is 0. The molecule has 0 spiro atoms. The van der Waals surface area contributed by atoms with Crippen LogP contribution in [0.5, 0.6) is 0 Å². The van der Waals surface area contributed by atoms with E-state index in [0.29, 0.717) is 39.1 Å². The van der Waals surface area contributed by atoms with Crippen LogP contribution in [-0.2, 0) is 10.2 Å². The van der Waals surface area contributed by atoms with E-state index in [1.165, 1.54) is 8.61 Å². The van der Waals surface area contributed by atoms with E-state index in [1.54, 1.807) is 0 Å². The molecule has 2 N–H and O–H groups in total. The van der Waals surface area contributed by atoms with Crippen molar-refractivity contribution in [2.24, 2.45) is 0 Å². The molecule has 6 nitrogen and oxygen atoms in total. The third-order valence-electron chi connectivity index (χ3n) is 3.09. The first-order valence-electron chi connectivity index (χ1n) is 5.75. The Labute approximate surface area is 96.4 Å². The van der Waals surface area contributed by atoms with Gasteiger partial charge in [0, 0.05) is 39.3 Å². The molecule has 2 saturated heterocycles. The summed E-state index contributed by atoms with van der Waals surface area (Å²) >= 11 is 0. The van der Waals surface area contributed by atoms with E-state index in [-0.39, 0.29) is 6.54 Å². The molecule has 0 aliphatic carbocycles. The predicted octanol–water partition coefficient (Wildman–Crippen LogP) is -1.41. The van der Waals surface area contributed by atoms with Crippen molar-refractivity contribution >= 4 is 10.2 Å². The second-order valence-electron chi connectivity index (χ2n) is 4.31. The SMILES string of the molecule is O=S(=O)(N1CCNCC1)N1CCC[C@H](O)C1. The topological polar surface area (TPSA) is 72.9 Å². The van der Waals surface area contributed by atoms with E-state index >= 15 is 0 Å². The number of aliphatic hydroxyl groups is 1. The Morgan fingerprint density at radius 1 is 1.12 bits per heavy atom. The number of rotatable bonds is 2. The van der Waals surface area contributed by atoms with Crippen molar-refractivity contribution in [3.63, 3.8) is 0 Å². The van der Waals surface area contributed by atoms with E-state index in [9.17, 15) is 13.5 Å². The minimum absolute atomic E-state index is 0.242. The number of piperazine rings is 1. The Morgan fingerprint density at radius 3 is 2.44 bits per heavy atom. The molecule has 16 heavy (non-hydrogen) atoms. The van der Waals surface area contributed by atoms with E-state index in [1.807, 2.05) is 0 Å². The highest BCUT2D eigenvalue weighted by Crippen LogP contribution is 2.17. The average Bonchev–Trinajstić information content (AvgIpc) is 2.30. The highest BCUT2D eigenvalue weighted by atomic mass is 32.2. The number of nitrogens with zero attached hydrogens (tertiary/aromatic N) is 2. The van der Waals surface area contributed by atoms with Gasteiger partial charge in [0.2, 0.25) is 0 Å². The zero-order valence-corrected chi connectivity index (χ0v) is 10.1. The first-order valence-corrected chi connectivity index (χ1v) is 7.14. The summed E-state index contributed by atoms with van der Waals surface area (Å²) in [6.45, 7) is 3.23. The number of hydrogen-bond acceptors (Lipinski definition) is 4. The number of nitrogens with one attached hydrogen (secondary N) is 1. The standard InChI is InChI=1S/C9H19N3O3S/c13-9-2-1-5-12(8-9)16(14,15)11-6-3-10-4-7-11/h9-10,13H,1-8H2/t9-/m0/s1. The lowest BCUT2D eigenvalue weighted by Crippen LogP contribution is -2.54. The van der Waals surface area contributed by atoms with Crippen LogP contribution >= 0.6 is 0 Å². The van der Waals surface area contributed by atoms with Crippen LogP contribution in [0.25, 0.3) is 0 Å². The zero-order chi connectivity index (χ0) is 11.6. The summed E-state index contributed by atoms with van der Waals surface area (Å²) in [6.07, 6.45) is 0.937. The Hall–Kier alpha value is -0.210. The molecule has 2 fully saturated rings. The van der Waals surface area contributed by atoms with Crippen LogP contribution in [0.2, 0.25) is 0 Å². The largest absolute Gasteiger partial charge is 0.392 e. The fraction of sp³-hybridized carbons (Fsp3) is 1.00. The second kappa shape index (κ2) is 4.97. The van der Waals surface area contributed by atoms with Gasteiger partial charge in [-0.3, -0.25) is 0 Å². The number of β-amino-alcohol motifs (C(OH)–C–C–N with tert-alkyl or cyclic N) is 1. The average molecular weight is 249 g/mol. The van der Waals surface area contributed by atoms with Gasteiger partial charge in [0.1, 0.15) is 0 Å². The van der Waals surface area contributed by atoms with Gasteiger partial charge in [-0.05, 0) is 12.8 Å². The van der Waals surface area contributed by atoms with Crippen LogP contribution in [-0.4, -0.2) is 67.5 Å². The van der Waals surface area contributed by atoms with Crippen LogP contribution in [0.15, 0.2) is 0 Å². The van der Waals surface area contributed by atoms with Gasteiger partial charge in [0.05, 0.1) is 6.10 Å². The third-order valence-corrected chi connectivity index (χ3v) is 5.09. The summed E-state index contributed by atoms with van der Waals surface area (Å²) in [5, 5.41) is 12.6. The van der Waals surface area contributed by atoms with Crippen LogP contribution in [0.3, 0.4) is 0 Å². The molecule has 0 aromatic heterocycles. The monoisotopic (exact) mass is 249 g/mol. The first kappa shape index (κ1) is 12.3. The molecular weight excluding hydrogens is 230 g/mol. The van der Waals surface area contributed by atoms with Gasteiger partial charge in [-0.1, -0.05) is 0 Å². The minimum atomic E-state index is -3.35. The van der Waals surface area contributed by atoms with Crippen molar-refractivity contribution in [1.82, 2.24) is 13.9 Å². The van der Waals surface area contributed by atoms with Crippen molar-refractivity contribution in [3.8, 4) is 0 Å². The third kappa shape index (κ3) is 2.54. The summed E-state index contributed by atoms with van der Waals surface area (Å²) in [5.41, 5.74) is 0. The molecule has 1 atom stereocenters. The van der Waals surface area contributed by atoms with Crippen molar-refractivity contribution in [2.75, 3.05) is 39.3 Å². The fourth-order valence-corrected chi connectivity index (χ4v) is 3.86. The number of piperidine rings is 1. The molecule has 2 rings (SSSR count). The van der Waals surface area contributed by atoms with E-state index in [2.05, 4.69) is 5.32 Å². The Balaban J connectivity index is 2.05. The maximum atomic E-state index is 12.2. The highest BCUT2D eigenvalue weighted by molar-refractivity contribution is 7.86. The molecule has 0 aromatic rings. The molecule has 0 aromatic carbocycles. The fourth-order valence-electron chi connectivity index (χ4n) is 2.17. The molecule has 7 heteroatoms. The smallest absolute Gasteiger partial charge is 0.282 e. The quantitative estimate of drug-likeness (QED) is 0.631. The maximum Gasteiger partial charge on any atom is 0.282 e. The number of aliphatic hydroxyl groups excluding tert-OH is 1. The van der Waals surface area contributed by atoms with E-state index in [0.717, 1.165) is 6.42 Å². The van der Waals surface area contributed by atoms with Crippen LogP contribution in [0.4, 0.5) is 0 Å². The minimum Gasteiger partial charge on any atom is -0.392 e. The van der Waals surface area contributed by atoms with Crippen LogP contribution in [0, 0.1) is 0 Å². The van der Waals surface area contributed by atoms with Crippen molar-refractivity contribution < 1.29 is 13.5 Å². The first-order chi connectivity index (χ1) is 7.60. The Morgan fingerprint density at radius 2 is 1.81 bits per heavy atom. The molecule has 94 valence electrons. The number of hydrogen-bond donors (Lipinski definition) is 2. The Bertz CT molecular complexity index is 327.